The third-order valence-electron chi connectivity index (χ3n) is 4.55. The molecule has 1 saturated heterocycles. The molecule has 6 heteroatoms. The highest BCUT2D eigenvalue weighted by Crippen LogP contribution is 2.26. The molecule has 1 fully saturated rings. The van der Waals surface area contributed by atoms with Gasteiger partial charge in [-0.3, -0.25) is 4.79 Å². The molecule has 1 aliphatic rings. The van der Waals surface area contributed by atoms with Gasteiger partial charge in [-0.1, -0.05) is 44.1 Å². The minimum atomic E-state index is -0.890. The lowest BCUT2D eigenvalue weighted by molar-refractivity contribution is -0.137. The van der Waals surface area contributed by atoms with Gasteiger partial charge < -0.3 is 25.2 Å². The van der Waals surface area contributed by atoms with Crippen molar-refractivity contribution in [3.63, 3.8) is 0 Å². The summed E-state index contributed by atoms with van der Waals surface area (Å²) in [6.45, 7) is 2.16. The van der Waals surface area contributed by atoms with Crippen LogP contribution in [-0.4, -0.2) is 56.9 Å². The molecule has 0 amide bonds. The third kappa shape index (κ3) is 9.48. The number of allylic oxidation sites excluding steroid dienone is 1. The highest BCUT2D eigenvalue weighted by Gasteiger charge is 2.36. The van der Waals surface area contributed by atoms with Crippen molar-refractivity contribution >= 4 is 5.97 Å². The highest BCUT2D eigenvalue weighted by atomic mass is 16.5. The molecule has 5 unspecified atom stereocenters. The van der Waals surface area contributed by atoms with Crippen LogP contribution in [-0.2, 0) is 9.53 Å². The van der Waals surface area contributed by atoms with Crippen molar-refractivity contribution in [1.82, 2.24) is 0 Å². The predicted octanol–water partition coefficient (Wildman–Crippen LogP) is 2.56. The molecular weight excluding hydrogens is 336 g/mol. The fourth-order valence-corrected chi connectivity index (χ4v) is 2.97. The molecule has 0 saturated carbocycles. The minimum Gasteiger partial charge on any atom is -0.481 e. The van der Waals surface area contributed by atoms with Gasteiger partial charge in [-0.25, -0.2) is 0 Å². The van der Waals surface area contributed by atoms with E-state index in [2.05, 4.69) is 13.0 Å². The molecule has 1 heterocycles. The van der Waals surface area contributed by atoms with E-state index in [1.165, 1.54) is 12.8 Å². The van der Waals surface area contributed by atoms with Gasteiger partial charge in [-0.2, -0.15) is 0 Å². The molecule has 1 rings (SSSR count). The molecule has 1 aliphatic heterocycles. The van der Waals surface area contributed by atoms with Gasteiger partial charge in [-0.05, 0) is 32.1 Å². The maximum atomic E-state index is 10.5. The second-order valence-electron chi connectivity index (χ2n) is 6.95. The summed E-state index contributed by atoms with van der Waals surface area (Å²) in [6.07, 6.45) is 10.2. The number of aliphatic hydroxyl groups is 3. The van der Waals surface area contributed by atoms with Crippen molar-refractivity contribution < 1.29 is 30.0 Å². The van der Waals surface area contributed by atoms with Gasteiger partial charge in [0.1, 0.15) is 6.10 Å². The summed E-state index contributed by atoms with van der Waals surface area (Å²) in [6, 6.07) is 0. The van der Waals surface area contributed by atoms with Crippen molar-refractivity contribution in [3.8, 4) is 0 Å². The zero-order valence-corrected chi connectivity index (χ0v) is 15.7. The van der Waals surface area contributed by atoms with Gasteiger partial charge in [0, 0.05) is 12.8 Å². The predicted molar refractivity (Wildman–Crippen MR) is 99.8 cm³/mol. The van der Waals surface area contributed by atoms with Gasteiger partial charge in [0.05, 0.1) is 24.4 Å². The summed E-state index contributed by atoms with van der Waals surface area (Å²) in [7, 11) is 0. The first-order valence-corrected chi connectivity index (χ1v) is 9.68. The Hall–Kier alpha value is -1.21. The van der Waals surface area contributed by atoms with E-state index in [0.29, 0.717) is 25.7 Å². The molecule has 5 atom stereocenters. The zero-order valence-electron chi connectivity index (χ0n) is 15.7. The van der Waals surface area contributed by atoms with E-state index in [1.54, 1.807) is 12.2 Å². The van der Waals surface area contributed by atoms with E-state index >= 15 is 0 Å². The molecule has 0 aliphatic carbocycles. The van der Waals surface area contributed by atoms with Crippen LogP contribution in [0.15, 0.2) is 24.3 Å². The molecule has 0 aromatic rings. The Morgan fingerprint density at radius 3 is 2.69 bits per heavy atom. The topological polar surface area (TPSA) is 107 Å². The summed E-state index contributed by atoms with van der Waals surface area (Å²) in [5.41, 5.74) is 0. The lowest BCUT2D eigenvalue weighted by Gasteiger charge is -2.17. The van der Waals surface area contributed by atoms with Gasteiger partial charge in [0.25, 0.3) is 0 Å². The quantitative estimate of drug-likeness (QED) is 0.293. The monoisotopic (exact) mass is 370 g/mol. The van der Waals surface area contributed by atoms with E-state index < -0.39 is 36.5 Å². The molecular formula is C20H34O6. The average molecular weight is 370 g/mol. The summed E-state index contributed by atoms with van der Waals surface area (Å²) in [4.78, 5) is 10.5. The Morgan fingerprint density at radius 1 is 1.23 bits per heavy atom. The van der Waals surface area contributed by atoms with Crippen LogP contribution in [0.3, 0.4) is 0 Å². The number of ether oxygens (including phenoxy) is 1. The molecule has 0 aromatic carbocycles. The average Bonchev–Trinajstić information content (AvgIpc) is 2.96. The summed E-state index contributed by atoms with van der Waals surface area (Å²) in [5, 5.41) is 38.7. The third-order valence-corrected chi connectivity index (χ3v) is 4.55. The Balaban J connectivity index is 2.31. The number of hydrogen-bond acceptors (Lipinski definition) is 5. The van der Waals surface area contributed by atoms with Crippen molar-refractivity contribution in [3.05, 3.63) is 24.3 Å². The second kappa shape index (κ2) is 13.0. The number of carboxylic acids is 1. The van der Waals surface area contributed by atoms with Crippen molar-refractivity contribution in [1.29, 1.82) is 0 Å². The van der Waals surface area contributed by atoms with E-state index in [9.17, 15) is 20.1 Å². The van der Waals surface area contributed by atoms with Crippen molar-refractivity contribution in [2.75, 3.05) is 0 Å². The maximum absolute atomic E-state index is 10.5. The van der Waals surface area contributed by atoms with Crippen LogP contribution in [0, 0.1) is 0 Å². The van der Waals surface area contributed by atoms with E-state index in [-0.39, 0.29) is 6.42 Å². The summed E-state index contributed by atoms with van der Waals surface area (Å²) in [5.74, 6) is -0.890. The Labute approximate surface area is 156 Å². The van der Waals surface area contributed by atoms with E-state index in [4.69, 9.17) is 9.84 Å². The number of carboxylic acid groups (broad SMARTS) is 1. The number of carbonyl (C=O) groups is 1. The van der Waals surface area contributed by atoms with Crippen molar-refractivity contribution in [2.24, 2.45) is 0 Å². The van der Waals surface area contributed by atoms with Crippen LogP contribution in [0.4, 0.5) is 0 Å². The van der Waals surface area contributed by atoms with Gasteiger partial charge in [0.2, 0.25) is 0 Å². The number of aliphatic hydroxyl groups excluding tert-OH is 3. The first-order valence-electron chi connectivity index (χ1n) is 9.68. The summed E-state index contributed by atoms with van der Waals surface area (Å²) >= 11 is 0. The molecule has 150 valence electrons. The van der Waals surface area contributed by atoms with Crippen LogP contribution in [0.2, 0.25) is 0 Å². The second-order valence-corrected chi connectivity index (χ2v) is 6.95. The van der Waals surface area contributed by atoms with Crippen molar-refractivity contribution in [2.45, 2.75) is 95.2 Å². The van der Waals surface area contributed by atoms with E-state index in [0.717, 1.165) is 12.8 Å². The summed E-state index contributed by atoms with van der Waals surface area (Å²) < 4.78 is 5.65. The normalized spacial score (nSPS) is 25.9. The lowest BCUT2D eigenvalue weighted by atomic mass is 10.0. The molecule has 6 nitrogen and oxygen atoms in total. The highest BCUT2D eigenvalue weighted by molar-refractivity contribution is 5.66. The molecule has 0 aromatic heterocycles. The van der Waals surface area contributed by atoms with Crippen LogP contribution in [0.25, 0.3) is 0 Å². The van der Waals surface area contributed by atoms with Crippen LogP contribution in [0.5, 0.6) is 0 Å². The molecule has 0 bridgehead atoms. The fraction of sp³-hybridized carbons (Fsp3) is 0.750. The molecule has 0 spiro atoms. The first kappa shape index (κ1) is 22.8. The van der Waals surface area contributed by atoms with Gasteiger partial charge >= 0.3 is 5.97 Å². The maximum Gasteiger partial charge on any atom is 0.303 e. The molecule has 4 N–H and O–H groups in total. The number of unbranched alkanes of at least 4 members (excludes halogenated alkanes) is 3. The first-order chi connectivity index (χ1) is 12.4. The number of hydrogen-bond donors (Lipinski definition) is 4. The smallest absolute Gasteiger partial charge is 0.303 e. The molecule has 26 heavy (non-hydrogen) atoms. The van der Waals surface area contributed by atoms with E-state index in [1.807, 2.05) is 6.08 Å². The van der Waals surface area contributed by atoms with Gasteiger partial charge in [-0.15, -0.1) is 0 Å². The van der Waals surface area contributed by atoms with Crippen LogP contribution < -0.4 is 0 Å². The fourth-order valence-electron chi connectivity index (χ4n) is 2.97. The van der Waals surface area contributed by atoms with Crippen LogP contribution in [0.1, 0.15) is 64.7 Å². The zero-order chi connectivity index (χ0) is 19.4. The lowest BCUT2D eigenvalue weighted by Crippen LogP contribution is -2.26. The Bertz CT molecular complexity index is 448. The standard InChI is InChI=1S/C20H34O6/c1-2-3-4-5-6-7-9-15(21)12-13-18-17(23)14-19(26-18)16(22)10-8-11-20(24)25/h6-7,12-13,15-19,21-23H,2-5,8-11,14H2,1H3,(H,24,25)/b7-6-,13-12+. The van der Waals surface area contributed by atoms with Crippen LogP contribution >= 0.6 is 0 Å². The number of aliphatic carboxylic acids is 1. The SMILES string of the molecule is CCCCC/C=C\CC(O)/C=C/C1OC(C(O)CCCC(=O)O)CC1O. The molecule has 0 radical (unpaired) electrons. The number of rotatable bonds is 13. The largest absolute Gasteiger partial charge is 0.481 e. The Kier molecular flexibility index (Phi) is 11.4. The van der Waals surface area contributed by atoms with Gasteiger partial charge in [0.15, 0.2) is 0 Å². The Morgan fingerprint density at radius 2 is 2.00 bits per heavy atom. The minimum absolute atomic E-state index is 0.00776.